The van der Waals surface area contributed by atoms with Crippen LogP contribution in [0.25, 0.3) is 0 Å². The zero-order valence-electron chi connectivity index (χ0n) is 11.8. The molecule has 2 aromatic rings. The fraction of sp³-hybridized carbons (Fsp3) is 0.400. The third-order valence-electron chi connectivity index (χ3n) is 2.93. The highest BCUT2D eigenvalue weighted by molar-refractivity contribution is 5.58. The van der Waals surface area contributed by atoms with Crippen LogP contribution >= 0.6 is 0 Å². The summed E-state index contributed by atoms with van der Waals surface area (Å²) in [4.78, 5) is 4.54. The Bertz CT molecular complexity index is 534. The van der Waals surface area contributed by atoms with Crippen LogP contribution in [0.2, 0.25) is 0 Å². The topological polar surface area (TPSA) is 39.1 Å². The van der Waals surface area contributed by atoms with Crippen LogP contribution in [0.5, 0.6) is 0 Å². The molecule has 4 nitrogen and oxygen atoms in total. The van der Waals surface area contributed by atoms with E-state index in [1.54, 1.807) is 7.11 Å². The zero-order chi connectivity index (χ0) is 13.7. The van der Waals surface area contributed by atoms with Crippen LogP contribution in [-0.4, -0.2) is 16.7 Å². The second-order valence-corrected chi connectivity index (χ2v) is 4.61. The molecule has 0 saturated heterocycles. The number of nitrogens with zero attached hydrogens (tertiary/aromatic N) is 2. The number of anilines is 2. The predicted octanol–water partition coefficient (Wildman–Crippen LogP) is 3.49. The van der Waals surface area contributed by atoms with Crippen molar-refractivity contribution in [3.05, 3.63) is 41.7 Å². The highest BCUT2D eigenvalue weighted by atomic mass is 16.5. The van der Waals surface area contributed by atoms with E-state index in [9.17, 15) is 0 Å². The summed E-state index contributed by atoms with van der Waals surface area (Å²) in [7, 11) is 1.71. The maximum atomic E-state index is 5.22. The van der Waals surface area contributed by atoms with Crippen LogP contribution in [0.1, 0.15) is 24.6 Å². The number of aromatic nitrogens is 2. The summed E-state index contributed by atoms with van der Waals surface area (Å²) >= 11 is 0. The minimum Gasteiger partial charge on any atom is -0.380 e. The first-order valence-electron chi connectivity index (χ1n) is 6.62. The number of benzene rings is 1. The van der Waals surface area contributed by atoms with Crippen molar-refractivity contribution in [1.82, 2.24) is 9.55 Å². The molecule has 1 aromatic carbocycles. The molecule has 2 rings (SSSR count). The van der Waals surface area contributed by atoms with Crippen LogP contribution in [0.4, 0.5) is 11.6 Å². The van der Waals surface area contributed by atoms with Gasteiger partial charge in [-0.25, -0.2) is 4.98 Å². The third kappa shape index (κ3) is 3.35. The first-order chi connectivity index (χ1) is 9.24. The van der Waals surface area contributed by atoms with Gasteiger partial charge in [0.05, 0.1) is 12.3 Å². The normalized spacial score (nSPS) is 10.7. The van der Waals surface area contributed by atoms with Gasteiger partial charge in [-0.15, -0.1) is 0 Å². The summed E-state index contributed by atoms with van der Waals surface area (Å²) in [6, 6.07) is 8.14. The van der Waals surface area contributed by atoms with Crippen molar-refractivity contribution in [1.29, 1.82) is 0 Å². The van der Waals surface area contributed by atoms with Gasteiger partial charge in [0.25, 0.3) is 0 Å². The molecule has 0 bridgehead atoms. The van der Waals surface area contributed by atoms with E-state index in [-0.39, 0.29) is 0 Å². The Morgan fingerprint density at radius 3 is 2.84 bits per heavy atom. The molecule has 0 saturated carbocycles. The minimum atomic E-state index is 0.594. The van der Waals surface area contributed by atoms with Gasteiger partial charge < -0.3 is 14.6 Å². The van der Waals surface area contributed by atoms with Gasteiger partial charge in [0.15, 0.2) is 0 Å². The van der Waals surface area contributed by atoms with Gasteiger partial charge >= 0.3 is 0 Å². The van der Waals surface area contributed by atoms with Gasteiger partial charge in [-0.2, -0.15) is 0 Å². The van der Waals surface area contributed by atoms with Crippen LogP contribution in [0.15, 0.2) is 30.5 Å². The molecule has 1 N–H and O–H groups in total. The van der Waals surface area contributed by atoms with E-state index in [1.807, 2.05) is 19.1 Å². The van der Waals surface area contributed by atoms with Gasteiger partial charge in [-0.1, -0.05) is 25.1 Å². The summed E-state index contributed by atoms with van der Waals surface area (Å²) < 4.78 is 7.37. The minimum absolute atomic E-state index is 0.594. The summed E-state index contributed by atoms with van der Waals surface area (Å²) in [5.41, 5.74) is 3.21. The first kappa shape index (κ1) is 13.6. The molecular weight excluding hydrogens is 238 g/mol. The first-order valence-corrected chi connectivity index (χ1v) is 6.62. The Morgan fingerprint density at radius 2 is 2.11 bits per heavy atom. The van der Waals surface area contributed by atoms with Crippen LogP contribution in [0.3, 0.4) is 0 Å². The Balaban J connectivity index is 2.25. The fourth-order valence-electron chi connectivity index (χ4n) is 2.10. The molecular formula is C15H21N3O. The monoisotopic (exact) mass is 259 g/mol. The zero-order valence-corrected chi connectivity index (χ0v) is 11.8. The molecule has 1 heterocycles. The molecule has 19 heavy (non-hydrogen) atoms. The van der Waals surface area contributed by atoms with Crippen LogP contribution in [-0.2, 0) is 17.9 Å². The van der Waals surface area contributed by atoms with E-state index in [1.165, 1.54) is 0 Å². The van der Waals surface area contributed by atoms with E-state index in [4.69, 9.17) is 4.74 Å². The van der Waals surface area contributed by atoms with Crippen molar-refractivity contribution in [2.45, 2.75) is 33.4 Å². The molecule has 102 valence electrons. The average molecular weight is 259 g/mol. The number of methoxy groups -OCH3 is 1. The van der Waals surface area contributed by atoms with Crippen molar-refractivity contribution in [2.24, 2.45) is 0 Å². The quantitative estimate of drug-likeness (QED) is 0.863. The van der Waals surface area contributed by atoms with Crippen LogP contribution in [0, 0.1) is 6.92 Å². The van der Waals surface area contributed by atoms with E-state index >= 15 is 0 Å². The van der Waals surface area contributed by atoms with E-state index in [0.29, 0.717) is 6.61 Å². The summed E-state index contributed by atoms with van der Waals surface area (Å²) in [5.74, 6) is 0.892. The Morgan fingerprint density at radius 1 is 1.32 bits per heavy atom. The lowest BCUT2D eigenvalue weighted by Gasteiger charge is -2.12. The fourth-order valence-corrected chi connectivity index (χ4v) is 2.10. The molecule has 0 radical (unpaired) electrons. The molecule has 0 amide bonds. The SMILES string of the molecule is CCCn1cc(C)nc1Nc1ccccc1COC. The van der Waals surface area contributed by atoms with E-state index in [0.717, 1.165) is 35.9 Å². The van der Waals surface area contributed by atoms with E-state index in [2.05, 4.69) is 40.1 Å². The molecule has 0 unspecified atom stereocenters. The Labute approximate surface area is 114 Å². The number of hydrogen-bond acceptors (Lipinski definition) is 3. The summed E-state index contributed by atoms with van der Waals surface area (Å²) in [5, 5.41) is 3.40. The Kier molecular flexibility index (Phi) is 4.58. The van der Waals surface area contributed by atoms with E-state index < -0.39 is 0 Å². The standard InChI is InChI=1S/C15H21N3O/c1-4-9-18-10-12(2)16-15(18)17-14-8-6-5-7-13(14)11-19-3/h5-8,10H,4,9,11H2,1-3H3,(H,16,17). The molecule has 0 spiro atoms. The molecule has 4 heteroatoms. The average Bonchev–Trinajstić information content (AvgIpc) is 2.73. The smallest absolute Gasteiger partial charge is 0.207 e. The number of para-hydroxylation sites is 1. The van der Waals surface area contributed by atoms with Gasteiger partial charge in [0.1, 0.15) is 0 Å². The van der Waals surface area contributed by atoms with Crippen LogP contribution < -0.4 is 5.32 Å². The predicted molar refractivity (Wildman–Crippen MR) is 77.7 cm³/mol. The van der Waals surface area contributed by atoms with Crippen molar-refractivity contribution in [2.75, 3.05) is 12.4 Å². The second-order valence-electron chi connectivity index (χ2n) is 4.61. The third-order valence-corrected chi connectivity index (χ3v) is 2.93. The maximum Gasteiger partial charge on any atom is 0.207 e. The highest BCUT2D eigenvalue weighted by Gasteiger charge is 2.07. The molecule has 0 atom stereocenters. The number of ether oxygens (including phenoxy) is 1. The van der Waals surface area contributed by atoms with Crippen molar-refractivity contribution in [3.8, 4) is 0 Å². The van der Waals surface area contributed by atoms with Gasteiger partial charge in [-0.3, -0.25) is 0 Å². The molecule has 0 aliphatic carbocycles. The van der Waals surface area contributed by atoms with Gasteiger partial charge in [-0.05, 0) is 19.4 Å². The second kappa shape index (κ2) is 6.38. The van der Waals surface area contributed by atoms with Crippen molar-refractivity contribution in [3.63, 3.8) is 0 Å². The van der Waals surface area contributed by atoms with Gasteiger partial charge in [0.2, 0.25) is 5.95 Å². The Hall–Kier alpha value is -1.81. The molecule has 1 aromatic heterocycles. The molecule has 0 aliphatic rings. The lowest BCUT2D eigenvalue weighted by atomic mass is 10.2. The molecule has 0 fully saturated rings. The number of rotatable bonds is 6. The maximum absolute atomic E-state index is 5.22. The lowest BCUT2D eigenvalue weighted by molar-refractivity contribution is 0.185. The highest BCUT2D eigenvalue weighted by Crippen LogP contribution is 2.21. The number of nitrogens with one attached hydrogen (secondary N) is 1. The van der Waals surface area contributed by atoms with Gasteiger partial charge in [0, 0.05) is 31.1 Å². The van der Waals surface area contributed by atoms with Crippen molar-refractivity contribution < 1.29 is 4.74 Å². The summed E-state index contributed by atoms with van der Waals surface area (Å²) in [6.07, 6.45) is 3.16. The number of hydrogen-bond donors (Lipinski definition) is 1. The largest absolute Gasteiger partial charge is 0.380 e. The number of aryl methyl sites for hydroxylation is 2. The lowest BCUT2D eigenvalue weighted by Crippen LogP contribution is -2.04. The summed E-state index contributed by atoms with van der Waals surface area (Å²) in [6.45, 7) is 5.74. The molecule has 0 aliphatic heterocycles. The number of imidazole rings is 1. The van der Waals surface area contributed by atoms with Crippen molar-refractivity contribution >= 4 is 11.6 Å².